The zero-order valence-electron chi connectivity index (χ0n) is 23.5. The number of hydrogen-bond acceptors (Lipinski definition) is 3. The Morgan fingerprint density at radius 2 is 1.10 bits per heavy atom. The van der Waals surface area contributed by atoms with Crippen LogP contribution in [0.5, 0.6) is 0 Å². The van der Waals surface area contributed by atoms with Gasteiger partial charge in [-0.1, -0.05) is 121 Å². The van der Waals surface area contributed by atoms with Gasteiger partial charge in [0.1, 0.15) is 6.04 Å². The van der Waals surface area contributed by atoms with E-state index in [4.69, 9.17) is 0 Å². The van der Waals surface area contributed by atoms with E-state index in [0.29, 0.717) is 12.8 Å². The third kappa shape index (κ3) is 5.09. The number of aliphatic carboxylic acids is 1. The minimum absolute atomic E-state index is 0.114. The molecule has 4 aromatic rings. The van der Waals surface area contributed by atoms with Crippen LogP contribution >= 0.6 is 0 Å². The maximum atomic E-state index is 14.4. The summed E-state index contributed by atoms with van der Waals surface area (Å²) in [4.78, 5) is 45.1. The largest absolute Gasteiger partial charge is 0.480 e. The van der Waals surface area contributed by atoms with E-state index in [2.05, 4.69) is 0 Å². The van der Waals surface area contributed by atoms with Crippen LogP contribution in [0.15, 0.2) is 115 Å². The van der Waals surface area contributed by atoms with Gasteiger partial charge in [-0.2, -0.15) is 0 Å². The van der Waals surface area contributed by atoms with Crippen molar-refractivity contribution in [2.24, 2.45) is 0 Å². The lowest BCUT2D eigenvalue weighted by Crippen LogP contribution is -2.66. The number of carbonyl (C=O) groups is 3. The quantitative estimate of drug-likeness (QED) is 0.320. The first-order valence-corrected chi connectivity index (χ1v) is 14.5. The smallest absolute Gasteiger partial charge is 0.328 e. The highest BCUT2D eigenvalue weighted by molar-refractivity contribution is 5.93. The molecule has 6 rings (SSSR count). The molecule has 2 heterocycles. The van der Waals surface area contributed by atoms with Crippen molar-refractivity contribution in [2.45, 2.75) is 49.7 Å². The van der Waals surface area contributed by atoms with Crippen molar-refractivity contribution in [2.75, 3.05) is 6.54 Å². The lowest BCUT2D eigenvalue weighted by Gasteiger charge is -2.47. The first kappa shape index (κ1) is 27.5. The van der Waals surface area contributed by atoms with Crippen molar-refractivity contribution in [1.29, 1.82) is 0 Å². The molecule has 2 aliphatic heterocycles. The fourth-order valence-electron chi connectivity index (χ4n) is 6.78. The average Bonchev–Trinajstić information content (AvgIpc) is 3.32. The molecule has 0 aliphatic carbocycles. The molecule has 0 saturated carbocycles. The summed E-state index contributed by atoms with van der Waals surface area (Å²) >= 11 is 0. The van der Waals surface area contributed by atoms with Crippen LogP contribution in [0.1, 0.15) is 52.5 Å². The Balaban J connectivity index is 1.36. The molecule has 2 bridgehead atoms. The van der Waals surface area contributed by atoms with Gasteiger partial charge in [0.2, 0.25) is 11.8 Å². The number of carbonyl (C=O) groups excluding carboxylic acids is 2. The third-order valence-corrected chi connectivity index (χ3v) is 8.75. The van der Waals surface area contributed by atoms with Crippen LogP contribution in [0.25, 0.3) is 0 Å². The number of carboxylic acid groups (broad SMARTS) is 1. The number of benzene rings is 4. The van der Waals surface area contributed by atoms with Crippen LogP contribution in [0.3, 0.4) is 0 Å². The fourth-order valence-corrected chi connectivity index (χ4v) is 6.78. The van der Waals surface area contributed by atoms with Crippen LogP contribution in [0.2, 0.25) is 0 Å². The Morgan fingerprint density at radius 3 is 1.57 bits per heavy atom. The summed E-state index contributed by atoms with van der Waals surface area (Å²) in [6.07, 6.45) is 1.19. The number of nitrogens with zero attached hydrogens (tertiary/aromatic N) is 2. The molecule has 4 aromatic carbocycles. The van der Waals surface area contributed by atoms with Crippen LogP contribution in [0.4, 0.5) is 0 Å². The van der Waals surface area contributed by atoms with Gasteiger partial charge in [0.15, 0.2) is 0 Å². The molecular weight excluding hydrogens is 524 g/mol. The molecule has 212 valence electrons. The number of aryl methyl sites for hydroxylation is 1. The third-order valence-electron chi connectivity index (χ3n) is 8.75. The second-order valence-corrected chi connectivity index (χ2v) is 11.3. The van der Waals surface area contributed by atoms with Crippen LogP contribution in [0, 0.1) is 6.92 Å². The normalized spacial score (nSPS) is 20.4. The molecule has 0 aromatic heterocycles. The minimum Gasteiger partial charge on any atom is -0.480 e. The van der Waals surface area contributed by atoms with E-state index in [1.807, 2.05) is 122 Å². The van der Waals surface area contributed by atoms with Gasteiger partial charge in [-0.15, -0.1) is 0 Å². The van der Waals surface area contributed by atoms with E-state index in [0.717, 1.165) is 27.8 Å². The van der Waals surface area contributed by atoms with E-state index in [1.54, 1.807) is 4.90 Å². The second kappa shape index (κ2) is 11.6. The van der Waals surface area contributed by atoms with Gasteiger partial charge >= 0.3 is 5.97 Å². The average molecular weight is 559 g/mol. The van der Waals surface area contributed by atoms with Crippen LogP contribution < -0.4 is 0 Å². The first-order chi connectivity index (χ1) is 20.4. The summed E-state index contributed by atoms with van der Waals surface area (Å²) in [5.41, 5.74) is 4.44. The highest BCUT2D eigenvalue weighted by Crippen LogP contribution is 2.40. The van der Waals surface area contributed by atoms with Crippen molar-refractivity contribution in [1.82, 2.24) is 9.80 Å². The molecule has 2 amide bonds. The Labute approximate surface area is 246 Å². The van der Waals surface area contributed by atoms with Crippen molar-refractivity contribution in [3.63, 3.8) is 0 Å². The lowest BCUT2D eigenvalue weighted by molar-refractivity contribution is -0.161. The maximum absolute atomic E-state index is 14.4. The first-order valence-electron chi connectivity index (χ1n) is 14.5. The van der Waals surface area contributed by atoms with Crippen molar-refractivity contribution in [3.05, 3.63) is 143 Å². The van der Waals surface area contributed by atoms with Gasteiger partial charge in [0, 0.05) is 12.6 Å². The van der Waals surface area contributed by atoms with Gasteiger partial charge in [-0.3, -0.25) is 9.59 Å². The number of likely N-dealkylation sites (tertiary alicyclic amines) is 1. The Hall–Kier alpha value is -4.71. The number of hydrogen-bond donors (Lipinski definition) is 1. The Morgan fingerprint density at radius 1 is 0.643 bits per heavy atom. The molecule has 2 saturated heterocycles. The molecule has 0 radical (unpaired) electrons. The van der Waals surface area contributed by atoms with E-state index in [1.165, 1.54) is 4.90 Å². The molecule has 2 aliphatic rings. The highest BCUT2D eigenvalue weighted by atomic mass is 16.4. The number of rotatable bonds is 7. The van der Waals surface area contributed by atoms with E-state index in [-0.39, 0.29) is 24.4 Å². The van der Waals surface area contributed by atoms with Gasteiger partial charge in [-0.05, 0) is 42.0 Å². The Bertz CT molecular complexity index is 1520. The number of amides is 2. The number of fused-ring (bicyclic) bond motifs is 2. The summed E-state index contributed by atoms with van der Waals surface area (Å²) in [5.74, 6) is -2.65. The molecule has 1 unspecified atom stereocenters. The van der Waals surface area contributed by atoms with E-state index in [9.17, 15) is 19.5 Å². The number of carboxylic acids is 1. The van der Waals surface area contributed by atoms with E-state index < -0.39 is 29.9 Å². The molecule has 6 heteroatoms. The summed E-state index contributed by atoms with van der Waals surface area (Å²) in [6, 6.07) is 34.6. The molecular formula is C36H34N2O4. The molecule has 1 N–H and O–H groups in total. The lowest BCUT2D eigenvalue weighted by atomic mass is 9.87. The monoisotopic (exact) mass is 558 g/mol. The summed E-state index contributed by atoms with van der Waals surface area (Å²) in [6.45, 7) is 2.18. The van der Waals surface area contributed by atoms with Crippen molar-refractivity contribution < 1.29 is 19.5 Å². The molecule has 2 fully saturated rings. The SMILES string of the molecule is Cc1ccc(C(C(=O)N2C[C@@H]3CC[C@H]([C@H]2C(=O)O)N3C(=O)C(c2ccccc2)c2ccccc2)c2ccccc2)cc1. The highest BCUT2D eigenvalue weighted by Gasteiger charge is 2.54. The van der Waals surface area contributed by atoms with Gasteiger partial charge in [0.05, 0.1) is 17.9 Å². The standard InChI is InChI=1S/C36H34N2O4/c1-24-17-19-28(20-18-24)31(25-11-5-2-6-12-25)34(39)37-23-29-21-22-30(33(37)36(41)42)38(29)35(40)32(26-13-7-3-8-14-26)27-15-9-4-10-16-27/h2-20,29-33H,21-23H2,1H3,(H,41,42)/t29-,30+,31?,33-/m0/s1. The maximum Gasteiger partial charge on any atom is 0.328 e. The van der Waals surface area contributed by atoms with Crippen molar-refractivity contribution >= 4 is 17.8 Å². The molecule has 42 heavy (non-hydrogen) atoms. The summed E-state index contributed by atoms with van der Waals surface area (Å²) in [7, 11) is 0. The van der Waals surface area contributed by atoms with Gasteiger partial charge in [0.25, 0.3) is 0 Å². The minimum atomic E-state index is -1.14. The summed E-state index contributed by atoms with van der Waals surface area (Å²) in [5, 5.41) is 10.6. The Kier molecular flexibility index (Phi) is 7.62. The fraction of sp³-hybridized carbons (Fsp3) is 0.250. The molecule has 4 atom stereocenters. The van der Waals surface area contributed by atoms with E-state index >= 15 is 0 Å². The van der Waals surface area contributed by atoms with Crippen LogP contribution in [-0.2, 0) is 14.4 Å². The van der Waals surface area contributed by atoms with Gasteiger partial charge in [-0.25, -0.2) is 4.79 Å². The van der Waals surface area contributed by atoms with Crippen LogP contribution in [-0.4, -0.2) is 57.4 Å². The van der Waals surface area contributed by atoms with Gasteiger partial charge < -0.3 is 14.9 Å². The zero-order valence-corrected chi connectivity index (χ0v) is 23.5. The van der Waals surface area contributed by atoms with Crippen molar-refractivity contribution in [3.8, 4) is 0 Å². The summed E-state index contributed by atoms with van der Waals surface area (Å²) < 4.78 is 0. The zero-order chi connectivity index (χ0) is 29.2. The predicted molar refractivity (Wildman–Crippen MR) is 161 cm³/mol. The molecule has 6 nitrogen and oxygen atoms in total. The topological polar surface area (TPSA) is 77.9 Å². The number of piperazine rings is 1. The second-order valence-electron chi connectivity index (χ2n) is 11.3. The predicted octanol–water partition coefficient (Wildman–Crippen LogP) is 5.61. The molecule has 0 spiro atoms.